The number of ether oxygens (including phenoxy) is 1. The average Bonchev–Trinajstić information content (AvgIpc) is 3.31. The van der Waals surface area contributed by atoms with Gasteiger partial charge in [-0.05, 0) is 63.1 Å². The minimum Gasteiger partial charge on any atom is -0.496 e. The van der Waals surface area contributed by atoms with Gasteiger partial charge in [-0.3, -0.25) is 9.55 Å². The highest BCUT2D eigenvalue weighted by Gasteiger charge is 2.20. The van der Waals surface area contributed by atoms with E-state index in [0.29, 0.717) is 17.1 Å². The zero-order valence-electron chi connectivity index (χ0n) is 19.0. The lowest BCUT2D eigenvalue weighted by Crippen LogP contribution is -2.17. The van der Waals surface area contributed by atoms with Crippen LogP contribution in [-0.2, 0) is 0 Å². The van der Waals surface area contributed by atoms with Crippen molar-refractivity contribution in [3.05, 3.63) is 64.7 Å². The first-order chi connectivity index (χ1) is 15.9. The van der Waals surface area contributed by atoms with E-state index in [2.05, 4.69) is 38.3 Å². The molecule has 0 unspecified atom stereocenters. The van der Waals surface area contributed by atoms with Crippen LogP contribution in [0.1, 0.15) is 22.6 Å². The molecular weight excluding hydrogens is 416 g/mol. The third kappa shape index (κ3) is 3.26. The molecule has 0 aliphatic heterocycles. The van der Waals surface area contributed by atoms with Gasteiger partial charge in [0, 0.05) is 16.6 Å². The Morgan fingerprint density at radius 3 is 2.48 bits per heavy atom. The van der Waals surface area contributed by atoms with Crippen molar-refractivity contribution in [2.75, 3.05) is 7.11 Å². The van der Waals surface area contributed by atoms with Gasteiger partial charge < -0.3 is 14.2 Å². The molecule has 0 aliphatic rings. The summed E-state index contributed by atoms with van der Waals surface area (Å²) in [6.07, 6.45) is 3.67. The first-order valence-corrected chi connectivity index (χ1v) is 10.5. The zero-order valence-corrected chi connectivity index (χ0v) is 19.0. The molecule has 2 aromatic carbocycles. The highest BCUT2D eigenvalue weighted by molar-refractivity contribution is 6.05. The quantitative estimate of drug-likeness (QED) is 0.408. The molecule has 0 saturated heterocycles. The number of aromatic nitrogens is 4. The maximum absolute atomic E-state index is 9.31. The molecule has 0 fully saturated rings. The van der Waals surface area contributed by atoms with Crippen LogP contribution in [0.2, 0.25) is 0 Å². The molecule has 0 bridgehead atoms. The van der Waals surface area contributed by atoms with Crippen LogP contribution in [0.15, 0.2) is 46.0 Å². The first kappa shape index (κ1) is 20.5. The minimum absolute atomic E-state index is 0.431. The molecule has 3 heterocycles. The highest BCUT2D eigenvalue weighted by atomic mass is 16.5. The minimum atomic E-state index is 0.431. The molecule has 164 valence electrons. The Morgan fingerprint density at radius 1 is 1.09 bits per heavy atom. The second-order valence-corrected chi connectivity index (χ2v) is 8.13. The third-order valence-corrected chi connectivity index (χ3v) is 5.77. The van der Waals surface area contributed by atoms with Crippen LogP contribution in [0.5, 0.6) is 5.75 Å². The average molecular weight is 438 g/mol. The van der Waals surface area contributed by atoms with Gasteiger partial charge in [-0.15, -0.1) is 4.99 Å². The number of hydrogen-bond donors (Lipinski definition) is 1. The predicted molar refractivity (Wildman–Crippen MR) is 125 cm³/mol. The summed E-state index contributed by atoms with van der Waals surface area (Å²) in [7, 11) is 1.64. The molecule has 8 nitrogen and oxygen atoms in total. The standard InChI is InChI=1S/C25H22N6O2/c1-13-6-14(2)8-17(7-13)31-24-18-10-22(32-5)19(23-15(3)30-33-16(23)4)9-20(18)27-11-21(24)29-25(31)28-12-26/h6-11H,1-5H3,(H,28,29). The van der Waals surface area contributed by atoms with Gasteiger partial charge in [0.2, 0.25) is 11.8 Å². The van der Waals surface area contributed by atoms with Crippen molar-refractivity contribution in [3.63, 3.8) is 0 Å². The maximum Gasteiger partial charge on any atom is 0.223 e. The van der Waals surface area contributed by atoms with Crippen LogP contribution in [0.25, 0.3) is 38.8 Å². The van der Waals surface area contributed by atoms with Crippen molar-refractivity contribution in [2.24, 2.45) is 4.99 Å². The van der Waals surface area contributed by atoms with Gasteiger partial charge >= 0.3 is 0 Å². The molecule has 33 heavy (non-hydrogen) atoms. The molecule has 0 aliphatic carbocycles. The second kappa shape index (κ2) is 7.64. The van der Waals surface area contributed by atoms with Gasteiger partial charge in [0.05, 0.1) is 41.1 Å². The Kier molecular flexibility index (Phi) is 4.75. The first-order valence-electron chi connectivity index (χ1n) is 10.5. The molecule has 5 rings (SSSR count). The van der Waals surface area contributed by atoms with Gasteiger partial charge in [-0.2, -0.15) is 5.26 Å². The van der Waals surface area contributed by atoms with Crippen LogP contribution >= 0.6 is 0 Å². The van der Waals surface area contributed by atoms with E-state index in [1.54, 1.807) is 13.3 Å². The lowest BCUT2D eigenvalue weighted by Gasteiger charge is -2.13. The molecule has 8 heteroatoms. The molecule has 3 aromatic heterocycles. The lowest BCUT2D eigenvalue weighted by atomic mass is 10.0. The molecule has 0 amide bonds. The largest absolute Gasteiger partial charge is 0.496 e. The summed E-state index contributed by atoms with van der Waals surface area (Å²) in [5, 5.41) is 14.3. The van der Waals surface area contributed by atoms with Crippen LogP contribution in [-0.4, -0.2) is 26.8 Å². The molecule has 1 N–H and O–H groups in total. The van der Waals surface area contributed by atoms with Crippen molar-refractivity contribution in [2.45, 2.75) is 27.7 Å². The third-order valence-electron chi connectivity index (χ3n) is 5.77. The van der Waals surface area contributed by atoms with Crippen LogP contribution in [0.3, 0.4) is 0 Å². The van der Waals surface area contributed by atoms with E-state index in [0.717, 1.165) is 55.6 Å². The predicted octanol–water partition coefficient (Wildman–Crippen LogP) is 4.79. The number of methoxy groups -OCH3 is 1. The fraction of sp³-hybridized carbons (Fsp3) is 0.200. The summed E-state index contributed by atoms with van der Waals surface area (Å²) in [4.78, 5) is 12.0. The Bertz CT molecular complexity index is 1620. The van der Waals surface area contributed by atoms with Crippen LogP contribution in [0, 0.1) is 39.1 Å². The van der Waals surface area contributed by atoms with Crippen molar-refractivity contribution in [1.82, 2.24) is 19.7 Å². The molecular formula is C25H22N6O2. The number of hydrogen-bond acceptors (Lipinski definition) is 6. The number of H-pyrrole nitrogens is 1. The van der Waals surface area contributed by atoms with Crippen molar-refractivity contribution >= 4 is 21.9 Å². The Labute approximate surface area is 189 Å². The fourth-order valence-electron chi connectivity index (χ4n) is 4.51. The van der Waals surface area contributed by atoms with Gasteiger partial charge in [-0.25, -0.2) is 0 Å². The summed E-state index contributed by atoms with van der Waals surface area (Å²) in [5.41, 5.74) is 8.53. The van der Waals surface area contributed by atoms with E-state index in [9.17, 15) is 5.26 Å². The van der Waals surface area contributed by atoms with E-state index < -0.39 is 0 Å². The van der Waals surface area contributed by atoms with Crippen molar-refractivity contribution in [3.8, 4) is 28.8 Å². The number of aromatic amines is 1. The number of nitrogens with zero attached hydrogens (tertiary/aromatic N) is 5. The summed E-state index contributed by atoms with van der Waals surface area (Å²) in [5.74, 6) is 1.39. The van der Waals surface area contributed by atoms with E-state index >= 15 is 0 Å². The van der Waals surface area contributed by atoms with Crippen molar-refractivity contribution < 1.29 is 9.26 Å². The molecule has 0 spiro atoms. The fourth-order valence-corrected chi connectivity index (χ4v) is 4.51. The number of fused-ring (bicyclic) bond motifs is 3. The Morgan fingerprint density at radius 2 is 1.85 bits per heavy atom. The number of rotatable bonds is 3. The number of nitrogens with one attached hydrogen (secondary N) is 1. The Hall–Kier alpha value is -4.38. The van der Waals surface area contributed by atoms with E-state index in [4.69, 9.17) is 9.26 Å². The molecule has 0 atom stereocenters. The van der Waals surface area contributed by atoms with Gasteiger partial charge in [0.15, 0.2) is 0 Å². The second-order valence-electron chi connectivity index (χ2n) is 8.13. The number of imidazole rings is 1. The van der Waals surface area contributed by atoms with Crippen LogP contribution < -0.4 is 10.4 Å². The zero-order chi connectivity index (χ0) is 23.3. The van der Waals surface area contributed by atoms with Crippen LogP contribution in [0.4, 0.5) is 0 Å². The Balaban J connectivity index is 1.92. The van der Waals surface area contributed by atoms with Gasteiger partial charge in [0.1, 0.15) is 11.5 Å². The monoisotopic (exact) mass is 438 g/mol. The number of nitriles is 1. The number of pyridine rings is 1. The highest BCUT2D eigenvalue weighted by Crippen LogP contribution is 2.38. The molecule has 5 aromatic rings. The molecule has 0 saturated carbocycles. The summed E-state index contributed by atoms with van der Waals surface area (Å²) in [6, 6.07) is 10.2. The van der Waals surface area contributed by atoms with Gasteiger partial charge in [0.25, 0.3) is 0 Å². The van der Waals surface area contributed by atoms with E-state index in [-0.39, 0.29) is 0 Å². The number of benzene rings is 2. The summed E-state index contributed by atoms with van der Waals surface area (Å²) < 4.78 is 13.1. The van der Waals surface area contributed by atoms with E-state index in [1.807, 2.05) is 50.6 Å². The topological polar surface area (TPSA) is 105 Å². The SMILES string of the molecule is COc1cc2c(cc1-c1c(C)noc1C)ncc1[nH]c(=NC#N)n(-c3cc(C)cc(C)c3)c12. The van der Waals surface area contributed by atoms with Gasteiger partial charge in [-0.1, -0.05) is 11.2 Å². The van der Waals surface area contributed by atoms with E-state index in [1.165, 1.54) is 0 Å². The maximum atomic E-state index is 9.31. The molecule has 0 radical (unpaired) electrons. The lowest BCUT2D eigenvalue weighted by molar-refractivity contribution is 0.393. The number of aryl methyl sites for hydroxylation is 4. The summed E-state index contributed by atoms with van der Waals surface area (Å²) >= 11 is 0. The normalized spacial score (nSPS) is 11.9. The summed E-state index contributed by atoms with van der Waals surface area (Å²) in [6.45, 7) is 7.88. The smallest absolute Gasteiger partial charge is 0.223 e. The van der Waals surface area contributed by atoms with Crippen molar-refractivity contribution in [1.29, 1.82) is 5.26 Å².